The Hall–Kier alpha value is -1.59. The molecule has 5 heteroatoms. The maximum Gasteiger partial charge on any atom is 0.119 e. The van der Waals surface area contributed by atoms with Gasteiger partial charge in [0.05, 0.1) is 13.2 Å². The largest absolute Gasteiger partial charge is 0.491 e. The van der Waals surface area contributed by atoms with Gasteiger partial charge >= 0.3 is 0 Å². The van der Waals surface area contributed by atoms with E-state index in [1.807, 2.05) is 36.4 Å². The first kappa shape index (κ1) is 20.2. The third-order valence-corrected chi connectivity index (χ3v) is 5.44. The summed E-state index contributed by atoms with van der Waals surface area (Å²) < 4.78 is 5.52. The van der Waals surface area contributed by atoms with Crippen LogP contribution in [-0.4, -0.2) is 48.0 Å². The molecule has 27 heavy (non-hydrogen) atoms. The molecule has 3 rings (SSSR count). The predicted octanol–water partition coefficient (Wildman–Crippen LogP) is 3.53. The van der Waals surface area contributed by atoms with Gasteiger partial charge in [0.15, 0.2) is 0 Å². The average Bonchev–Trinajstić information content (AvgIpc) is 2.67. The van der Waals surface area contributed by atoms with Gasteiger partial charge in [0.1, 0.15) is 12.4 Å². The van der Waals surface area contributed by atoms with Crippen LogP contribution >= 0.6 is 11.6 Å². The molecule has 1 atom stereocenters. The predicted molar refractivity (Wildman–Crippen MR) is 108 cm³/mol. The van der Waals surface area contributed by atoms with E-state index in [0.29, 0.717) is 6.61 Å². The molecule has 0 saturated carbocycles. The van der Waals surface area contributed by atoms with E-state index < -0.39 is 0 Å². The molecule has 1 heterocycles. The van der Waals surface area contributed by atoms with Crippen molar-refractivity contribution in [1.29, 1.82) is 0 Å². The fourth-order valence-corrected chi connectivity index (χ4v) is 4.22. The van der Waals surface area contributed by atoms with Crippen molar-refractivity contribution in [2.75, 3.05) is 32.9 Å². The lowest BCUT2D eigenvalue weighted by atomic mass is 9.75. The van der Waals surface area contributed by atoms with E-state index in [9.17, 15) is 5.11 Å². The Kier molecular flexibility index (Phi) is 7.13. The maximum atomic E-state index is 10.2. The van der Waals surface area contributed by atoms with E-state index in [0.717, 1.165) is 49.7 Å². The van der Waals surface area contributed by atoms with Crippen LogP contribution in [0.5, 0.6) is 5.75 Å². The van der Waals surface area contributed by atoms with Gasteiger partial charge in [-0.15, -0.1) is 0 Å². The number of hydrogen-bond acceptors (Lipinski definition) is 4. The number of aliphatic hydroxyl groups excluding tert-OH is 2. The van der Waals surface area contributed by atoms with Crippen LogP contribution in [0.1, 0.15) is 24.0 Å². The second-order valence-corrected chi connectivity index (χ2v) is 7.93. The number of rotatable bonds is 8. The molecule has 1 fully saturated rings. The van der Waals surface area contributed by atoms with Gasteiger partial charge in [-0.2, -0.15) is 0 Å². The van der Waals surface area contributed by atoms with E-state index in [4.69, 9.17) is 21.4 Å². The molecule has 0 amide bonds. The maximum absolute atomic E-state index is 10.2. The van der Waals surface area contributed by atoms with Gasteiger partial charge in [0.2, 0.25) is 0 Å². The number of nitrogens with zero attached hydrogens (tertiary/aromatic N) is 1. The lowest BCUT2D eigenvalue weighted by Crippen LogP contribution is -2.46. The zero-order valence-electron chi connectivity index (χ0n) is 15.6. The Morgan fingerprint density at radius 2 is 1.89 bits per heavy atom. The van der Waals surface area contributed by atoms with Crippen molar-refractivity contribution < 1.29 is 14.9 Å². The first-order valence-electron chi connectivity index (χ1n) is 9.53. The molecule has 1 aliphatic rings. The van der Waals surface area contributed by atoms with Crippen LogP contribution in [0.4, 0.5) is 0 Å². The minimum absolute atomic E-state index is 0.0128. The number of aliphatic hydroxyl groups is 2. The van der Waals surface area contributed by atoms with Crippen molar-refractivity contribution >= 4 is 11.6 Å². The van der Waals surface area contributed by atoms with Gasteiger partial charge in [-0.1, -0.05) is 35.9 Å². The number of likely N-dealkylation sites (tertiary alicyclic amines) is 1. The van der Waals surface area contributed by atoms with Crippen molar-refractivity contribution in [2.45, 2.75) is 25.8 Å². The Labute approximate surface area is 166 Å². The Bertz CT molecular complexity index is 739. The normalized spacial score (nSPS) is 20.6. The molecule has 2 N–H and O–H groups in total. The van der Waals surface area contributed by atoms with E-state index in [1.165, 1.54) is 11.1 Å². The number of piperidine rings is 1. The molecule has 1 saturated heterocycles. The van der Waals surface area contributed by atoms with Gasteiger partial charge in [0.25, 0.3) is 0 Å². The first-order chi connectivity index (χ1) is 13.1. The highest BCUT2D eigenvalue weighted by molar-refractivity contribution is 6.30. The summed E-state index contributed by atoms with van der Waals surface area (Å²) in [7, 11) is 0. The third-order valence-electron chi connectivity index (χ3n) is 5.21. The Morgan fingerprint density at radius 1 is 1.07 bits per heavy atom. The quantitative estimate of drug-likeness (QED) is 0.725. The summed E-state index contributed by atoms with van der Waals surface area (Å²) in [6.07, 6.45) is 2.92. The summed E-state index contributed by atoms with van der Waals surface area (Å²) >= 11 is 6.14. The molecule has 2 aromatic carbocycles. The first-order valence-corrected chi connectivity index (χ1v) is 9.90. The van der Waals surface area contributed by atoms with Crippen LogP contribution in [0.25, 0.3) is 0 Å². The molecule has 0 spiro atoms. The van der Waals surface area contributed by atoms with Gasteiger partial charge in [-0.3, -0.25) is 4.90 Å². The van der Waals surface area contributed by atoms with Crippen LogP contribution < -0.4 is 4.74 Å². The van der Waals surface area contributed by atoms with Crippen molar-refractivity contribution in [3.63, 3.8) is 0 Å². The second kappa shape index (κ2) is 9.56. The van der Waals surface area contributed by atoms with Crippen LogP contribution in [0.2, 0.25) is 5.02 Å². The minimum atomic E-state index is -0.131. The molecule has 0 aromatic heterocycles. The number of hydrogen-bond donors (Lipinski definition) is 2. The van der Waals surface area contributed by atoms with E-state index in [-0.39, 0.29) is 18.6 Å². The molecule has 146 valence electrons. The van der Waals surface area contributed by atoms with Crippen molar-refractivity contribution in [3.8, 4) is 5.75 Å². The molecule has 0 aliphatic carbocycles. The molecular formula is C22H28ClNO3. The van der Waals surface area contributed by atoms with Gasteiger partial charge in [-0.25, -0.2) is 0 Å². The molecule has 0 bridgehead atoms. The smallest absolute Gasteiger partial charge is 0.119 e. The summed E-state index contributed by atoms with van der Waals surface area (Å²) in [5.74, 6) is 0.783. The zero-order valence-corrected chi connectivity index (χ0v) is 16.4. The van der Waals surface area contributed by atoms with E-state index in [1.54, 1.807) is 0 Å². The number of benzene rings is 2. The molecule has 2 aromatic rings. The summed E-state index contributed by atoms with van der Waals surface area (Å²) in [4.78, 5) is 2.41. The molecular weight excluding hydrogens is 362 g/mol. The highest BCUT2D eigenvalue weighted by Crippen LogP contribution is 2.34. The van der Waals surface area contributed by atoms with Crippen LogP contribution in [-0.2, 0) is 13.0 Å². The lowest BCUT2D eigenvalue weighted by Gasteiger charge is -2.42. The fraction of sp³-hybridized carbons (Fsp3) is 0.455. The van der Waals surface area contributed by atoms with Crippen molar-refractivity contribution in [3.05, 3.63) is 64.7 Å². The van der Waals surface area contributed by atoms with Gasteiger partial charge in [-0.05, 0) is 61.2 Å². The van der Waals surface area contributed by atoms with Crippen LogP contribution in [0.15, 0.2) is 48.5 Å². The minimum Gasteiger partial charge on any atom is -0.491 e. The molecule has 1 unspecified atom stereocenters. The number of halogens is 1. The molecule has 4 nitrogen and oxygen atoms in total. The highest BCUT2D eigenvalue weighted by Gasteiger charge is 2.35. The Morgan fingerprint density at radius 3 is 2.67 bits per heavy atom. The summed E-state index contributed by atoms with van der Waals surface area (Å²) in [5, 5.41) is 19.9. The van der Waals surface area contributed by atoms with Crippen LogP contribution in [0, 0.1) is 5.41 Å². The highest BCUT2D eigenvalue weighted by atomic mass is 35.5. The third kappa shape index (κ3) is 5.69. The lowest BCUT2D eigenvalue weighted by molar-refractivity contribution is 0.0288. The average molecular weight is 390 g/mol. The monoisotopic (exact) mass is 389 g/mol. The number of ether oxygens (including phenoxy) is 1. The topological polar surface area (TPSA) is 52.9 Å². The summed E-state index contributed by atoms with van der Waals surface area (Å²) in [6.45, 7) is 3.21. The molecule has 0 radical (unpaired) electrons. The molecule has 1 aliphatic heterocycles. The van der Waals surface area contributed by atoms with Crippen molar-refractivity contribution in [1.82, 2.24) is 4.90 Å². The van der Waals surface area contributed by atoms with E-state index in [2.05, 4.69) is 17.0 Å². The SMILES string of the molecule is OCCOc1cccc(CN2CCCC(CO)(Cc3cccc(Cl)c3)C2)c1. The van der Waals surface area contributed by atoms with Gasteiger partial charge in [0, 0.05) is 23.5 Å². The zero-order chi connectivity index (χ0) is 19.1. The standard InChI is InChI=1S/C22H28ClNO3/c23-20-6-1-4-18(12-20)14-22(17-26)8-3-9-24(16-22)15-19-5-2-7-21(13-19)27-11-10-25/h1-2,4-7,12-13,25-26H,3,8-11,14-17H2. The summed E-state index contributed by atoms with van der Waals surface area (Å²) in [5.41, 5.74) is 2.23. The summed E-state index contributed by atoms with van der Waals surface area (Å²) in [6, 6.07) is 16.0. The van der Waals surface area contributed by atoms with E-state index >= 15 is 0 Å². The van der Waals surface area contributed by atoms with Gasteiger partial charge < -0.3 is 14.9 Å². The fourth-order valence-electron chi connectivity index (χ4n) is 4.01. The van der Waals surface area contributed by atoms with Crippen molar-refractivity contribution in [2.24, 2.45) is 5.41 Å². The van der Waals surface area contributed by atoms with Crippen LogP contribution in [0.3, 0.4) is 0 Å². The second-order valence-electron chi connectivity index (χ2n) is 7.50. The Balaban J connectivity index is 1.67.